The zero-order chi connectivity index (χ0) is 20.9. The molecular weight excluding hydrogens is 383 g/mol. The Morgan fingerprint density at radius 2 is 1.50 bits per heavy atom. The van der Waals surface area contributed by atoms with Crippen molar-refractivity contribution in [1.82, 2.24) is 5.32 Å². The van der Waals surface area contributed by atoms with Gasteiger partial charge in [-0.25, -0.2) is 9.18 Å². The van der Waals surface area contributed by atoms with Gasteiger partial charge in [0, 0.05) is 35.7 Å². The molecule has 0 bridgehead atoms. The molecular formula is C23H21FN4O2. The van der Waals surface area contributed by atoms with Gasteiger partial charge in [0.1, 0.15) is 5.82 Å². The van der Waals surface area contributed by atoms with Gasteiger partial charge < -0.3 is 20.9 Å². The molecule has 1 aliphatic heterocycles. The summed E-state index contributed by atoms with van der Waals surface area (Å²) in [6, 6.07) is 22.2. The molecule has 152 valence electrons. The fraction of sp³-hybridized carbons (Fsp3) is 0.130. The first-order chi connectivity index (χ1) is 14.6. The van der Waals surface area contributed by atoms with Crippen LogP contribution >= 0.6 is 0 Å². The van der Waals surface area contributed by atoms with Gasteiger partial charge in [0.2, 0.25) is 5.91 Å². The van der Waals surface area contributed by atoms with E-state index in [9.17, 15) is 14.0 Å². The third-order valence-corrected chi connectivity index (χ3v) is 4.80. The van der Waals surface area contributed by atoms with Crippen molar-refractivity contribution in [3.05, 3.63) is 84.7 Å². The van der Waals surface area contributed by atoms with Gasteiger partial charge in [-0.2, -0.15) is 0 Å². The predicted octanol–water partition coefficient (Wildman–Crippen LogP) is 4.50. The summed E-state index contributed by atoms with van der Waals surface area (Å²) in [7, 11) is 0. The van der Waals surface area contributed by atoms with Crippen LogP contribution in [0, 0.1) is 5.82 Å². The third kappa shape index (κ3) is 4.75. The SMILES string of the molecule is O=C(Nc1ccc(Nc2ccccc2)cc1)N[C@@H]1CC(=O)N(c2ccc(F)cc2)C1. The predicted molar refractivity (Wildman–Crippen MR) is 115 cm³/mol. The second kappa shape index (κ2) is 8.65. The molecule has 0 aliphatic carbocycles. The topological polar surface area (TPSA) is 73.5 Å². The highest BCUT2D eigenvalue weighted by Gasteiger charge is 2.31. The number of rotatable bonds is 5. The molecule has 7 heteroatoms. The molecule has 0 unspecified atom stereocenters. The van der Waals surface area contributed by atoms with Crippen LogP contribution in [0.15, 0.2) is 78.9 Å². The first-order valence-corrected chi connectivity index (χ1v) is 9.62. The van der Waals surface area contributed by atoms with Crippen molar-refractivity contribution in [1.29, 1.82) is 0 Å². The minimum Gasteiger partial charge on any atom is -0.356 e. The van der Waals surface area contributed by atoms with Crippen molar-refractivity contribution in [2.75, 3.05) is 22.1 Å². The Bertz CT molecular complexity index is 1020. The van der Waals surface area contributed by atoms with Gasteiger partial charge in [-0.1, -0.05) is 18.2 Å². The van der Waals surface area contributed by atoms with E-state index in [1.54, 1.807) is 29.2 Å². The number of para-hydroxylation sites is 1. The van der Waals surface area contributed by atoms with Crippen molar-refractivity contribution < 1.29 is 14.0 Å². The second-order valence-electron chi connectivity index (χ2n) is 7.05. The Labute approximate surface area is 173 Å². The number of carbonyl (C=O) groups excluding carboxylic acids is 2. The number of carbonyl (C=O) groups is 2. The molecule has 0 aromatic heterocycles. The number of halogens is 1. The smallest absolute Gasteiger partial charge is 0.319 e. The van der Waals surface area contributed by atoms with Gasteiger partial charge >= 0.3 is 6.03 Å². The van der Waals surface area contributed by atoms with E-state index in [1.165, 1.54) is 12.1 Å². The number of urea groups is 1. The van der Waals surface area contributed by atoms with Crippen LogP contribution in [0.3, 0.4) is 0 Å². The lowest BCUT2D eigenvalue weighted by Gasteiger charge is -2.17. The van der Waals surface area contributed by atoms with Gasteiger partial charge in [0.15, 0.2) is 0 Å². The van der Waals surface area contributed by atoms with E-state index in [2.05, 4.69) is 16.0 Å². The van der Waals surface area contributed by atoms with Crippen LogP contribution in [0.5, 0.6) is 0 Å². The molecule has 1 atom stereocenters. The largest absolute Gasteiger partial charge is 0.356 e. The summed E-state index contributed by atoms with van der Waals surface area (Å²) in [4.78, 5) is 26.1. The molecule has 6 nitrogen and oxygen atoms in total. The number of benzene rings is 3. The quantitative estimate of drug-likeness (QED) is 0.586. The molecule has 0 radical (unpaired) electrons. The molecule has 3 aromatic rings. The molecule has 0 saturated carbocycles. The molecule has 1 aliphatic rings. The van der Waals surface area contributed by atoms with Gasteiger partial charge in [0.25, 0.3) is 0 Å². The Morgan fingerprint density at radius 1 is 0.867 bits per heavy atom. The fourth-order valence-corrected chi connectivity index (χ4v) is 3.35. The molecule has 3 aromatic carbocycles. The van der Waals surface area contributed by atoms with E-state index in [0.29, 0.717) is 17.9 Å². The molecule has 1 heterocycles. The Hall–Kier alpha value is -3.87. The number of nitrogens with zero attached hydrogens (tertiary/aromatic N) is 1. The van der Waals surface area contributed by atoms with Gasteiger partial charge in [-0.3, -0.25) is 4.79 Å². The Balaban J connectivity index is 1.30. The molecule has 3 amide bonds. The minimum absolute atomic E-state index is 0.108. The Kier molecular flexibility index (Phi) is 5.61. The van der Waals surface area contributed by atoms with E-state index in [-0.39, 0.29) is 30.2 Å². The number of anilines is 4. The first kappa shape index (κ1) is 19.4. The number of hydrogen-bond acceptors (Lipinski definition) is 3. The van der Waals surface area contributed by atoms with Crippen LogP contribution in [0.4, 0.5) is 31.9 Å². The summed E-state index contributed by atoms with van der Waals surface area (Å²) in [5, 5.41) is 8.88. The lowest BCUT2D eigenvalue weighted by Crippen LogP contribution is -2.39. The zero-order valence-corrected chi connectivity index (χ0v) is 16.1. The monoisotopic (exact) mass is 404 g/mol. The summed E-state index contributed by atoms with van der Waals surface area (Å²) in [5.41, 5.74) is 3.15. The normalized spacial score (nSPS) is 15.7. The van der Waals surface area contributed by atoms with E-state index in [4.69, 9.17) is 0 Å². The van der Waals surface area contributed by atoms with Crippen LogP contribution in [0.2, 0.25) is 0 Å². The van der Waals surface area contributed by atoms with Crippen molar-refractivity contribution in [3.8, 4) is 0 Å². The van der Waals surface area contributed by atoms with Crippen molar-refractivity contribution in [2.45, 2.75) is 12.5 Å². The van der Waals surface area contributed by atoms with E-state index in [1.807, 2.05) is 42.5 Å². The maximum Gasteiger partial charge on any atom is 0.319 e. The summed E-state index contributed by atoms with van der Waals surface area (Å²) in [5.74, 6) is -0.465. The summed E-state index contributed by atoms with van der Waals surface area (Å²) in [6.45, 7) is 0.345. The van der Waals surface area contributed by atoms with Crippen molar-refractivity contribution >= 4 is 34.7 Å². The van der Waals surface area contributed by atoms with Crippen LogP contribution in [0.1, 0.15) is 6.42 Å². The van der Waals surface area contributed by atoms with Crippen LogP contribution in [-0.4, -0.2) is 24.5 Å². The fourth-order valence-electron chi connectivity index (χ4n) is 3.35. The maximum absolute atomic E-state index is 13.1. The van der Waals surface area contributed by atoms with Crippen molar-refractivity contribution in [2.24, 2.45) is 0 Å². The molecule has 30 heavy (non-hydrogen) atoms. The van der Waals surface area contributed by atoms with Crippen molar-refractivity contribution in [3.63, 3.8) is 0 Å². The average molecular weight is 404 g/mol. The molecule has 1 saturated heterocycles. The minimum atomic E-state index is -0.377. The van der Waals surface area contributed by atoms with Gasteiger partial charge in [-0.05, 0) is 60.7 Å². The summed E-state index contributed by atoms with van der Waals surface area (Å²) in [6.07, 6.45) is 0.199. The standard InChI is InChI=1S/C23H21FN4O2/c24-16-6-12-21(13-7-16)28-15-20(14-22(28)29)27-23(30)26-19-10-8-18(9-11-19)25-17-4-2-1-3-5-17/h1-13,20,25H,14-15H2,(H2,26,27,30)/t20-/m1/s1. The van der Waals surface area contributed by atoms with Gasteiger partial charge in [-0.15, -0.1) is 0 Å². The number of nitrogens with one attached hydrogen (secondary N) is 3. The number of hydrogen-bond donors (Lipinski definition) is 3. The van der Waals surface area contributed by atoms with E-state index in [0.717, 1.165) is 11.4 Å². The van der Waals surface area contributed by atoms with Gasteiger partial charge in [0.05, 0.1) is 6.04 Å². The third-order valence-electron chi connectivity index (χ3n) is 4.80. The molecule has 0 spiro atoms. The highest BCUT2D eigenvalue weighted by molar-refractivity contribution is 5.97. The van der Waals surface area contributed by atoms with Crippen LogP contribution in [-0.2, 0) is 4.79 Å². The molecule has 4 rings (SSSR count). The van der Waals surface area contributed by atoms with E-state index >= 15 is 0 Å². The lowest BCUT2D eigenvalue weighted by molar-refractivity contribution is -0.117. The Morgan fingerprint density at radius 3 is 2.20 bits per heavy atom. The second-order valence-corrected chi connectivity index (χ2v) is 7.05. The highest BCUT2D eigenvalue weighted by atomic mass is 19.1. The average Bonchev–Trinajstić information content (AvgIpc) is 3.10. The maximum atomic E-state index is 13.1. The lowest BCUT2D eigenvalue weighted by atomic mass is 10.2. The molecule has 3 N–H and O–H groups in total. The number of amides is 3. The summed E-state index contributed by atoms with van der Waals surface area (Å²) < 4.78 is 13.1. The first-order valence-electron chi connectivity index (χ1n) is 9.62. The highest BCUT2D eigenvalue weighted by Crippen LogP contribution is 2.22. The molecule has 1 fully saturated rings. The zero-order valence-electron chi connectivity index (χ0n) is 16.1. The van der Waals surface area contributed by atoms with Crippen LogP contribution in [0.25, 0.3) is 0 Å². The van der Waals surface area contributed by atoms with E-state index < -0.39 is 0 Å². The van der Waals surface area contributed by atoms with Crippen LogP contribution < -0.4 is 20.9 Å². The summed E-state index contributed by atoms with van der Waals surface area (Å²) >= 11 is 0.